The van der Waals surface area contributed by atoms with Crippen LogP contribution in [0.1, 0.15) is 36.5 Å². The molecule has 1 amide bonds. The number of hydrogen-bond donors (Lipinski definition) is 1. The standard InChI is InChI=1S/C15H22N2O/c1-12-6-5-11-17(2)15(18)13-7-3-4-8-14(13)16-10-9-12/h3-4,7-8,12,16H,5-6,9-11H2,1-2H3. The van der Waals surface area contributed by atoms with Crippen molar-refractivity contribution in [2.24, 2.45) is 5.92 Å². The number of hydrogen-bond acceptors (Lipinski definition) is 2. The van der Waals surface area contributed by atoms with Crippen LogP contribution in [0.4, 0.5) is 5.69 Å². The number of amides is 1. The number of carbonyl (C=O) groups excluding carboxylic acids is 1. The zero-order valence-electron chi connectivity index (χ0n) is 11.3. The third-order valence-electron chi connectivity index (χ3n) is 3.65. The lowest BCUT2D eigenvalue weighted by molar-refractivity contribution is 0.0792. The van der Waals surface area contributed by atoms with Gasteiger partial charge in [0.15, 0.2) is 0 Å². The maximum Gasteiger partial charge on any atom is 0.255 e. The van der Waals surface area contributed by atoms with Gasteiger partial charge < -0.3 is 10.2 Å². The Morgan fingerprint density at radius 2 is 2.06 bits per heavy atom. The molecule has 3 nitrogen and oxygen atoms in total. The summed E-state index contributed by atoms with van der Waals surface area (Å²) in [6.07, 6.45) is 3.44. The second-order valence-electron chi connectivity index (χ2n) is 5.24. The van der Waals surface area contributed by atoms with Crippen LogP contribution >= 0.6 is 0 Å². The van der Waals surface area contributed by atoms with Gasteiger partial charge in [-0.2, -0.15) is 0 Å². The molecule has 0 aromatic heterocycles. The molecule has 0 spiro atoms. The van der Waals surface area contributed by atoms with E-state index in [1.807, 2.05) is 36.2 Å². The van der Waals surface area contributed by atoms with Crippen molar-refractivity contribution in [3.63, 3.8) is 0 Å². The Hall–Kier alpha value is -1.51. The van der Waals surface area contributed by atoms with E-state index in [9.17, 15) is 4.79 Å². The number of para-hydroxylation sites is 1. The lowest BCUT2D eigenvalue weighted by Crippen LogP contribution is -2.28. The molecule has 1 aliphatic heterocycles. The van der Waals surface area contributed by atoms with Crippen LogP contribution in [0.15, 0.2) is 24.3 Å². The highest BCUT2D eigenvalue weighted by Crippen LogP contribution is 2.20. The Bertz CT molecular complexity index is 417. The molecule has 0 fully saturated rings. The highest BCUT2D eigenvalue weighted by molar-refractivity contribution is 5.99. The number of anilines is 1. The average molecular weight is 246 g/mol. The van der Waals surface area contributed by atoms with Crippen LogP contribution in [0, 0.1) is 5.92 Å². The predicted molar refractivity (Wildman–Crippen MR) is 74.9 cm³/mol. The normalized spacial score (nSPS) is 21.8. The third-order valence-corrected chi connectivity index (χ3v) is 3.65. The fourth-order valence-corrected chi connectivity index (χ4v) is 2.41. The van der Waals surface area contributed by atoms with Crippen molar-refractivity contribution in [2.75, 3.05) is 25.5 Å². The van der Waals surface area contributed by atoms with Crippen molar-refractivity contribution >= 4 is 11.6 Å². The molecule has 1 aliphatic rings. The van der Waals surface area contributed by atoms with E-state index in [0.717, 1.165) is 37.2 Å². The van der Waals surface area contributed by atoms with Gasteiger partial charge >= 0.3 is 0 Å². The minimum Gasteiger partial charge on any atom is -0.384 e. The third kappa shape index (κ3) is 3.03. The predicted octanol–water partition coefficient (Wildman–Crippen LogP) is 2.99. The van der Waals surface area contributed by atoms with E-state index in [2.05, 4.69) is 12.2 Å². The Labute approximate surface area is 109 Å². The lowest BCUT2D eigenvalue weighted by atomic mass is 10.0. The first-order valence-corrected chi connectivity index (χ1v) is 6.77. The van der Waals surface area contributed by atoms with E-state index in [4.69, 9.17) is 0 Å². The first kappa shape index (κ1) is 12.9. The van der Waals surface area contributed by atoms with E-state index < -0.39 is 0 Å². The van der Waals surface area contributed by atoms with Crippen molar-refractivity contribution in [3.8, 4) is 0 Å². The smallest absolute Gasteiger partial charge is 0.255 e. The molecule has 0 saturated carbocycles. The Kier molecular flexibility index (Phi) is 4.24. The first-order chi connectivity index (χ1) is 8.68. The molecule has 1 heterocycles. The summed E-state index contributed by atoms with van der Waals surface area (Å²) >= 11 is 0. The molecule has 1 aromatic rings. The van der Waals surface area contributed by atoms with E-state index >= 15 is 0 Å². The average Bonchev–Trinajstić information content (AvgIpc) is 2.39. The summed E-state index contributed by atoms with van der Waals surface area (Å²) < 4.78 is 0. The monoisotopic (exact) mass is 246 g/mol. The molecule has 0 bridgehead atoms. The SMILES string of the molecule is CC1CCCN(C)C(=O)c2ccccc2NCC1. The molecule has 1 N–H and O–H groups in total. The molecule has 2 rings (SSSR count). The van der Waals surface area contributed by atoms with E-state index in [-0.39, 0.29) is 5.91 Å². The van der Waals surface area contributed by atoms with Gasteiger partial charge in [0.05, 0.1) is 5.56 Å². The van der Waals surface area contributed by atoms with Gasteiger partial charge in [-0.15, -0.1) is 0 Å². The van der Waals surface area contributed by atoms with Gasteiger partial charge in [-0.1, -0.05) is 19.1 Å². The van der Waals surface area contributed by atoms with Crippen LogP contribution in [0.25, 0.3) is 0 Å². The number of fused-ring (bicyclic) bond motifs is 1. The first-order valence-electron chi connectivity index (χ1n) is 6.77. The van der Waals surface area contributed by atoms with Gasteiger partial charge in [0, 0.05) is 25.8 Å². The number of benzene rings is 1. The van der Waals surface area contributed by atoms with E-state index in [0.29, 0.717) is 5.92 Å². The highest BCUT2D eigenvalue weighted by Gasteiger charge is 2.16. The molecule has 1 unspecified atom stereocenters. The second-order valence-corrected chi connectivity index (χ2v) is 5.24. The summed E-state index contributed by atoms with van der Waals surface area (Å²) in [7, 11) is 1.89. The Morgan fingerprint density at radius 3 is 2.89 bits per heavy atom. The Balaban J connectivity index is 2.24. The van der Waals surface area contributed by atoms with Crippen molar-refractivity contribution in [2.45, 2.75) is 26.2 Å². The Morgan fingerprint density at radius 1 is 1.28 bits per heavy atom. The van der Waals surface area contributed by atoms with Crippen LogP contribution in [0.5, 0.6) is 0 Å². The summed E-state index contributed by atoms with van der Waals surface area (Å²) in [6.45, 7) is 4.07. The zero-order chi connectivity index (χ0) is 13.0. The lowest BCUT2D eigenvalue weighted by Gasteiger charge is -2.18. The molecule has 98 valence electrons. The number of nitrogens with zero attached hydrogens (tertiary/aromatic N) is 1. The quantitative estimate of drug-likeness (QED) is 0.763. The highest BCUT2D eigenvalue weighted by atomic mass is 16.2. The number of nitrogens with one attached hydrogen (secondary N) is 1. The summed E-state index contributed by atoms with van der Waals surface area (Å²) in [5.74, 6) is 0.832. The largest absolute Gasteiger partial charge is 0.384 e. The number of rotatable bonds is 0. The number of carbonyl (C=O) groups is 1. The van der Waals surface area contributed by atoms with Crippen LogP contribution in [0.3, 0.4) is 0 Å². The summed E-state index contributed by atoms with van der Waals surface area (Å²) in [6, 6.07) is 7.79. The summed E-state index contributed by atoms with van der Waals surface area (Å²) in [4.78, 5) is 14.2. The van der Waals surface area contributed by atoms with Gasteiger partial charge in [0.1, 0.15) is 0 Å². The van der Waals surface area contributed by atoms with Gasteiger partial charge in [0.25, 0.3) is 5.91 Å². The van der Waals surface area contributed by atoms with E-state index in [1.54, 1.807) is 0 Å². The van der Waals surface area contributed by atoms with Crippen molar-refractivity contribution < 1.29 is 4.79 Å². The molecular formula is C15H22N2O. The minimum atomic E-state index is 0.118. The molecule has 1 atom stereocenters. The van der Waals surface area contributed by atoms with Crippen LogP contribution < -0.4 is 5.32 Å². The summed E-state index contributed by atoms with van der Waals surface area (Å²) in [5.41, 5.74) is 1.75. The maximum atomic E-state index is 12.3. The molecule has 0 saturated heterocycles. The fraction of sp³-hybridized carbons (Fsp3) is 0.533. The minimum absolute atomic E-state index is 0.118. The van der Waals surface area contributed by atoms with E-state index in [1.165, 1.54) is 6.42 Å². The molecular weight excluding hydrogens is 224 g/mol. The molecule has 3 heteroatoms. The molecule has 18 heavy (non-hydrogen) atoms. The van der Waals surface area contributed by atoms with Crippen LogP contribution in [-0.2, 0) is 0 Å². The van der Waals surface area contributed by atoms with Gasteiger partial charge in [0.2, 0.25) is 0 Å². The van der Waals surface area contributed by atoms with Crippen molar-refractivity contribution in [3.05, 3.63) is 29.8 Å². The van der Waals surface area contributed by atoms with Gasteiger partial charge in [-0.25, -0.2) is 0 Å². The fourth-order valence-electron chi connectivity index (χ4n) is 2.41. The van der Waals surface area contributed by atoms with Gasteiger partial charge in [-0.05, 0) is 37.3 Å². The van der Waals surface area contributed by atoms with Crippen molar-refractivity contribution in [1.29, 1.82) is 0 Å². The van der Waals surface area contributed by atoms with Crippen LogP contribution in [-0.4, -0.2) is 30.9 Å². The topological polar surface area (TPSA) is 32.3 Å². The zero-order valence-corrected chi connectivity index (χ0v) is 11.3. The second kappa shape index (κ2) is 5.89. The van der Waals surface area contributed by atoms with Crippen LogP contribution in [0.2, 0.25) is 0 Å². The molecule has 0 radical (unpaired) electrons. The molecule has 1 aromatic carbocycles. The maximum absolute atomic E-state index is 12.3. The van der Waals surface area contributed by atoms with Gasteiger partial charge in [-0.3, -0.25) is 4.79 Å². The van der Waals surface area contributed by atoms with Crippen molar-refractivity contribution in [1.82, 2.24) is 4.90 Å². The summed E-state index contributed by atoms with van der Waals surface area (Å²) in [5, 5.41) is 3.39. The molecule has 0 aliphatic carbocycles.